The summed E-state index contributed by atoms with van der Waals surface area (Å²) in [4.78, 5) is 20.5. The molecule has 6 heteroatoms. The summed E-state index contributed by atoms with van der Waals surface area (Å²) < 4.78 is 0. The van der Waals surface area contributed by atoms with Crippen LogP contribution in [0.1, 0.15) is 38.1 Å². The first-order valence-electron chi connectivity index (χ1n) is 6.61. The number of carbonyl (C=O) groups excluding carboxylic acids is 1. The lowest BCUT2D eigenvalue weighted by Gasteiger charge is -2.16. The number of amides is 1. The number of halogens is 1. The van der Waals surface area contributed by atoms with Gasteiger partial charge in [0.2, 0.25) is 5.91 Å². The van der Waals surface area contributed by atoms with Crippen molar-refractivity contribution in [3.05, 3.63) is 16.5 Å². The first kappa shape index (κ1) is 14.1. The fourth-order valence-electron chi connectivity index (χ4n) is 1.66. The molecule has 1 saturated carbocycles. The van der Waals surface area contributed by atoms with Gasteiger partial charge in [0, 0.05) is 18.0 Å². The number of aromatic nitrogens is 2. The maximum absolute atomic E-state index is 11.9. The zero-order valence-electron chi connectivity index (χ0n) is 11.5. The van der Waals surface area contributed by atoms with Gasteiger partial charge in [0.25, 0.3) is 0 Å². The van der Waals surface area contributed by atoms with E-state index in [1.54, 1.807) is 0 Å². The van der Waals surface area contributed by atoms with E-state index in [4.69, 9.17) is 11.6 Å². The Balaban J connectivity index is 2.08. The predicted molar refractivity (Wildman–Crippen MR) is 75.4 cm³/mol. The molecule has 0 bridgehead atoms. The van der Waals surface area contributed by atoms with Gasteiger partial charge in [-0.25, -0.2) is 9.97 Å². The first-order chi connectivity index (χ1) is 9.01. The second kappa shape index (κ2) is 5.74. The maximum Gasteiger partial charge on any atom is 0.242 e. The Labute approximate surface area is 118 Å². The minimum Gasteiger partial charge on any atom is -0.358 e. The number of carbonyl (C=O) groups is 1. The molecule has 0 spiro atoms. The SMILES string of the molecule is CCc1nc(Cl)c(C)c(NC(C)C(=O)NC2CC2)n1. The Morgan fingerprint density at radius 1 is 1.47 bits per heavy atom. The molecule has 1 aromatic heterocycles. The van der Waals surface area contributed by atoms with Crippen LogP contribution in [-0.2, 0) is 11.2 Å². The van der Waals surface area contributed by atoms with Gasteiger partial charge in [-0.3, -0.25) is 4.79 Å². The fraction of sp³-hybridized carbons (Fsp3) is 0.615. The second-order valence-electron chi connectivity index (χ2n) is 4.91. The van der Waals surface area contributed by atoms with Crippen molar-refractivity contribution < 1.29 is 4.79 Å². The van der Waals surface area contributed by atoms with Crippen LogP contribution in [0.25, 0.3) is 0 Å². The van der Waals surface area contributed by atoms with Gasteiger partial charge in [-0.05, 0) is 26.7 Å². The van der Waals surface area contributed by atoms with E-state index in [2.05, 4.69) is 20.6 Å². The molecule has 0 aromatic carbocycles. The van der Waals surface area contributed by atoms with Crippen LogP contribution in [0.4, 0.5) is 5.82 Å². The van der Waals surface area contributed by atoms with Crippen LogP contribution in [0, 0.1) is 6.92 Å². The Hall–Kier alpha value is -1.36. The summed E-state index contributed by atoms with van der Waals surface area (Å²) in [5.74, 6) is 1.30. The van der Waals surface area contributed by atoms with E-state index in [1.807, 2.05) is 20.8 Å². The molecule has 2 N–H and O–H groups in total. The molecule has 0 radical (unpaired) electrons. The number of hydrogen-bond acceptors (Lipinski definition) is 4. The van der Waals surface area contributed by atoms with Crippen molar-refractivity contribution in [2.75, 3.05) is 5.32 Å². The first-order valence-corrected chi connectivity index (χ1v) is 6.99. The van der Waals surface area contributed by atoms with E-state index in [-0.39, 0.29) is 11.9 Å². The number of rotatable bonds is 5. The number of aryl methyl sites for hydroxylation is 1. The molecule has 1 atom stereocenters. The van der Waals surface area contributed by atoms with Crippen molar-refractivity contribution in [1.82, 2.24) is 15.3 Å². The predicted octanol–water partition coefficient (Wildman–Crippen LogP) is 2.08. The van der Waals surface area contributed by atoms with E-state index in [0.29, 0.717) is 29.3 Å². The van der Waals surface area contributed by atoms with Crippen molar-refractivity contribution in [1.29, 1.82) is 0 Å². The van der Waals surface area contributed by atoms with Crippen molar-refractivity contribution in [2.24, 2.45) is 0 Å². The van der Waals surface area contributed by atoms with Gasteiger partial charge < -0.3 is 10.6 Å². The third-order valence-electron chi connectivity index (χ3n) is 3.12. The summed E-state index contributed by atoms with van der Waals surface area (Å²) in [5.41, 5.74) is 0.768. The van der Waals surface area contributed by atoms with E-state index in [0.717, 1.165) is 18.4 Å². The minimum absolute atomic E-state index is 0.00492. The third kappa shape index (κ3) is 3.56. The van der Waals surface area contributed by atoms with Crippen LogP contribution in [0.5, 0.6) is 0 Å². The Morgan fingerprint density at radius 3 is 2.74 bits per heavy atom. The molecular weight excluding hydrogens is 264 g/mol. The summed E-state index contributed by atoms with van der Waals surface area (Å²) in [6.07, 6.45) is 2.87. The summed E-state index contributed by atoms with van der Waals surface area (Å²) >= 11 is 6.06. The lowest BCUT2D eigenvalue weighted by atomic mass is 10.2. The van der Waals surface area contributed by atoms with Crippen LogP contribution in [0.2, 0.25) is 5.15 Å². The molecule has 104 valence electrons. The van der Waals surface area contributed by atoms with Crippen molar-refractivity contribution in [3.8, 4) is 0 Å². The maximum atomic E-state index is 11.9. The second-order valence-corrected chi connectivity index (χ2v) is 5.26. The average Bonchev–Trinajstić information content (AvgIpc) is 3.18. The van der Waals surface area contributed by atoms with Gasteiger partial charge in [0.05, 0.1) is 0 Å². The molecule has 0 saturated heterocycles. The van der Waals surface area contributed by atoms with E-state index in [9.17, 15) is 4.79 Å². The number of nitrogens with zero attached hydrogens (tertiary/aromatic N) is 2. The zero-order chi connectivity index (χ0) is 14.0. The number of anilines is 1. The zero-order valence-corrected chi connectivity index (χ0v) is 12.2. The summed E-state index contributed by atoms with van der Waals surface area (Å²) in [7, 11) is 0. The number of nitrogens with one attached hydrogen (secondary N) is 2. The van der Waals surface area contributed by atoms with Gasteiger partial charge in [-0.15, -0.1) is 0 Å². The van der Waals surface area contributed by atoms with Gasteiger partial charge in [0.1, 0.15) is 22.8 Å². The standard InChI is InChI=1S/C13H19ClN4O/c1-4-10-17-11(14)7(2)12(18-10)15-8(3)13(19)16-9-5-6-9/h8-9H,4-6H2,1-3H3,(H,16,19)(H,15,17,18). The van der Waals surface area contributed by atoms with Crippen LogP contribution in [0.15, 0.2) is 0 Å². The molecule has 1 aliphatic rings. The highest BCUT2D eigenvalue weighted by atomic mass is 35.5. The summed E-state index contributed by atoms with van der Waals surface area (Å²) in [6, 6.07) is 0.0213. The summed E-state index contributed by atoms with van der Waals surface area (Å²) in [5, 5.41) is 6.50. The molecule has 2 rings (SSSR count). The quantitative estimate of drug-likeness (QED) is 0.812. The normalized spacial score (nSPS) is 16.0. The Kier molecular flexibility index (Phi) is 4.24. The molecule has 1 aromatic rings. The molecule has 1 aliphatic carbocycles. The van der Waals surface area contributed by atoms with E-state index in [1.165, 1.54) is 0 Å². The average molecular weight is 283 g/mol. The molecule has 0 aliphatic heterocycles. The third-order valence-corrected chi connectivity index (χ3v) is 3.49. The highest BCUT2D eigenvalue weighted by Gasteiger charge is 2.26. The molecule has 1 fully saturated rings. The Bertz CT molecular complexity index is 488. The lowest BCUT2D eigenvalue weighted by Crippen LogP contribution is -2.39. The van der Waals surface area contributed by atoms with Crippen LogP contribution >= 0.6 is 11.6 Å². The fourth-order valence-corrected chi connectivity index (χ4v) is 1.84. The number of hydrogen-bond donors (Lipinski definition) is 2. The highest BCUT2D eigenvalue weighted by Crippen LogP contribution is 2.22. The molecule has 1 heterocycles. The van der Waals surface area contributed by atoms with Gasteiger partial charge >= 0.3 is 0 Å². The van der Waals surface area contributed by atoms with Crippen LogP contribution in [0.3, 0.4) is 0 Å². The molecule has 5 nitrogen and oxygen atoms in total. The Morgan fingerprint density at radius 2 is 2.16 bits per heavy atom. The van der Waals surface area contributed by atoms with E-state index >= 15 is 0 Å². The largest absolute Gasteiger partial charge is 0.358 e. The summed E-state index contributed by atoms with van der Waals surface area (Å²) in [6.45, 7) is 5.63. The van der Waals surface area contributed by atoms with Crippen LogP contribution in [-0.4, -0.2) is 28.0 Å². The molecular formula is C13H19ClN4O. The minimum atomic E-state index is -0.338. The van der Waals surface area contributed by atoms with Gasteiger partial charge in [-0.1, -0.05) is 18.5 Å². The van der Waals surface area contributed by atoms with Crippen LogP contribution < -0.4 is 10.6 Å². The smallest absolute Gasteiger partial charge is 0.242 e. The molecule has 19 heavy (non-hydrogen) atoms. The lowest BCUT2D eigenvalue weighted by molar-refractivity contribution is -0.121. The van der Waals surface area contributed by atoms with Crippen molar-refractivity contribution in [3.63, 3.8) is 0 Å². The highest BCUT2D eigenvalue weighted by molar-refractivity contribution is 6.30. The topological polar surface area (TPSA) is 66.9 Å². The van der Waals surface area contributed by atoms with E-state index < -0.39 is 0 Å². The van der Waals surface area contributed by atoms with Crippen molar-refractivity contribution >= 4 is 23.3 Å². The molecule has 1 unspecified atom stereocenters. The van der Waals surface area contributed by atoms with Gasteiger partial charge in [-0.2, -0.15) is 0 Å². The van der Waals surface area contributed by atoms with Crippen molar-refractivity contribution in [2.45, 2.75) is 52.1 Å². The monoisotopic (exact) mass is 282 g/mol. The van der Waals surface area contributed by atoms with Gasteiger partial charge in [0.15, 0.2) is 0 Å². The molecule has 1 amide bonds.